The SMILES string of the molecule is Br.Cc1ccc(Nc2ncnc3cnc(NC(=O)/C=C/C[N+](C)(C)Cc4c([N+](=O)[O-])ncn4C)cc23)cc1Br. The number of fused-ring (bicyclic) bond motifs is 1. The van der Waals surface area contributed by atoms with Crippen molar-refractivity contribution in [3.8, 4) is 0 Å². The number of carbonyl (C=O) groups is 1. The van der Waals surface area contributed by atoms with Gasteiger partial charge in [0, 0.05) is 28.7 Å². The summed E-state index contributed by atoms with van der Waals surface area (Å²) in [6.45, 7) is 2.85. The molecule has 0 aliphatic carbocycles. The third kappa shape index (κ3) is 7.43. The second-order valence-corrected chi connectivity index (χ2v) is 10.3. The fourth-order valence-electron chi connectivity index (χ4n) is 3.80. The molecule has 0 radical (unpaired) electrons. The minimum Gasteiger partial charge on any atom is -0.358 e. The van der Waals surface area contributed by atoms with Crippen LogP contribution in [0.5, 0.6) is 0 Å². The second kappa shape index (κ2) is 12.4. The maximum atomic E-state index is 12.6. The summed E-state index contributed by atoms with van der Waals surface area (Å²) in [6.07, 6.45) is 7.61. The number of benzene rings is 1. The van der Waals surface area contributed by atoms with Gasteiger partial charge in [0.25, 0.3) is 0 Å². The number of aromatic nitrogens is 5. The number of amides is 1. The van der Waals surface area contributed by atoms with Crippen LogP contribution in [-0.4, -0.2) is 60.5 Å². The molecule has 39 heavy (non-hydrogen) atoms. The van der Waals surface area contributed by atoms with Gasteiger partial charge in [-0.1, -0.05) is 22.0 Å². The van der Waals surface area contributed by atoms with Crippen LogP contribution in [0, 0.1) is 17.0 Å². The van der Waals surface area contributed by atoms with Gasteiger partial charge in [0.1, 0.15) is 24.5 Å². The van der Waals surface area contributed by atoms with Gasteiger partial charge >= 0.3 is 5.82 Å². The van der Waals surface area contributed by atoms with Gasteiger partial charge in [-0.15, -0.1) is 17.0 Å². The number of likely N-dealkylation sites (N-methyl/N-ethyl adjacent to an activating group) is 1. The average molecular weight is 662 g/mol. The van der Waals surface area contributed by atoms with Gasteiger partial charge in [0.05, 0.1) is 32.4 Å². The van der Waals surface area contributed by atoms with Crippen molar-refractivity contribution in [2.75, 3.05) is 31.3 Å². The van der Waals surface area contributed by atoms with Crippen LogP contribution in [0.4, 0.5) is 23.1 Å². The minimum atomic E-state index is -0.485. The van der Waals surface area contributed by atoms with E-state index < -0.39 is 4.92 Å². The topological polar surface area (TPSA) is 141 Å². The molecule has 4 aromatic rings. The zero-order valence-corrected chi connectivity index (χ0v) is 25.1. The summed E-state index contributed by atoms with van der Waals surface area (Å²) in [5.74, 6) is 0.435. The van der Waals surface area contributed by atoms with Crippen LogP contribution in [0.2, 0.25) is 0 Å². The highest BCUT2D eigenvalue weighted by molar-refractivity contribution is 9.10. The first-order valence-electron chi connectivity index (χ1n) is 11.6. The van der Waals surface area contributed by atoms with E-state index in [1.54, 1.807) is 30.0 Å². The Labute approximate surface area is 243 Å². The zero-order chi connectivity index (χ0) is 27.4. The van der Waals surface area contributed by atoms with Crippen molar-refractivity contribution < 1.29 is 14.2 Å². The molecule has 0 unspecified atom stereocenters. The molecule has 0 saturated carbocycles. The number of halogens is 2. The number of nitrogens with one attached hydrogen (secondary N) is 2. The number of rotatable bonds is 9. The van der Waals surface area contributed by atoms with Crippen molar-refractivity contribution >= 4 is 72.9 Å². The Morgan fingerprint density at radius 2 is 1.97 bits per heavy atom. The van der Waals surface area contributed by atoms with Gasteiger partial charge in [-0.05, 0) is 46.7 Å². The molecule has 2 N–H and O–H groups in total. The first kappa shape index (κ1) is 29.8. The Balaban J connectivity index is 0.00000420. The number of carbonyl (C=O) groups excluding carboxylic acids is 1. The van der Waals surface area contributed by atoms with E-state index in [1.807, 2.05) is 39.2 Å². The molecular formula is C25H28Br2N9O3+. The van der Waals surface area contributed by atoms with Gasteiger partial charge in [-0.25, -0.2) is 15.0 Å². The smallest absolute Gasteiger partial charge is 0.358 e. The largest absolute Gasteiger partial charge is 0.390 e. The highest BCUT2D eigenvalue weighted by atomic mass is 79.9. The number of pyridine rings is 1. The van der Waals surface area contributed by atoms with Crippen LogP contribution >= 0.6 is 32.9 Å². The molecule has 0 atom stereocenters. The molecule has 0 bridgehead atoms. The van der Waals surface area contributed by atoms with Gasteiger partial charge in [0.15, 0.2) is 5.69 Å². The summed E-state index contributed by atoms with van der Waals surface area (Å²) in [4.78, 5) is 40.1. The van der Waals surface area contributed by atoms with E-state index in [9.17, 15) is 14.9 Å². The fourth-order valence-corrected chi connectivity index (χ4v) is 4.17. The minimum absolute atomic E-state index is 0. The number of aryl methyl sites for hydroxylation is 2. The molecule has 12 nitrogen and oxygen atoms in total. The van der Waals surface area contributed by atoms with E-state index in [-0.39, 0.29) is 28.7 Å². The highest BCUT2D eigenvalue weighted by Crippen LogP contribution is 2.27. The Morgan fingerprint density at radius 1 is 1.21 bits per heavy atom. The fraction of sp³-hybridized carbons (Fsp3) is 0.240. The quantitative estimate of drug-likeness (QED) is 0.112. The first-order chi connectivity index (χ1) is 18.0. The molecule has 0 fully saturated rings. The van der Waals surface area contributed by atoms with E-state index >= 15 is 0 Å². The van der Waals surface area contributed by atoms with Crippen LogP contribution in [0.15, 0.2) is 59.7 Å². The zero-order valence-electron chi connectivity index (χ0n) is 21.8. The van der Waals surface area contributed by atoms with Crippen LogP contribution in [0.3, 0.4) is 0 Å². The lowest BCUT2D eigenvalue weighted by Crippen LogP contribution is -2.39. The normalized spacial score (nSPS) is 11.4. The van der Waals surface area contributed by atoms with Crippen LogP contribution in [0.25, 0.3) is 10.9 Å². The number of imidazole rings is 1. The predicted molar refractivity (Wildman–Crippen MR) is 158 cm³/mol. The molecular weight excluding hydrogens is 634 g/mol. The number of nitro groups is 1. The van der Waals surface area contributed by atoms with Gasteiger partial charge in [-0.2, -0.15) is 0 Å². The lowest BCUT2D eigenvalue weighted by Gasteiger charge is -2.27. The first-order valence-corrected chi connectivity index (χ1v) is 12.4. The molecule has 204 valence electrons. The summed E-state index contributed by atoms with van der Waals surface area (Å²) >= 11 is 3.54. The van der Waals surface area contributed by atoms with Crippen molar-refractivity contribution in [1.82, 2.24) is 24.5 Å². The third-order valence-electron chi connectivity index (χ3n) is 5.86. The Kier molecular flexibility index (Phi) is 9.48. The van der Waals surface area contributed by atoms with E-state index in [1.165, 1.54) is 18.7 Å². The molecule has 1 aromatic carbocycles. The van der Waals surface area contributed by atoms with Crippen molar-refractivity contribution in [1.29, 1.82) is 0 Å². The molecule has 0 aliphatic rings. The molecule has 0 spiro atoms. The van der Waals surface area contributed by atoms with Gasteiger partial charge in [0.2, 0.25) is 12.2 Å². The second-order valence-electron chi connectivity index (χ2n) is 9.45. The summed E-state index contributed by atoms with van der Waals surface area (Å²) in [5.41, 5.74) is 3.11. The average Bonchev–Trinajstić information content (AvgIpc) is 3.21. The number of quaternary nitrogens is 1. The number of hydrogen-bond acceptors (Lipinski definition) is 8. The molecule has 1 amide bonds. The van der Waals surface area contributed by atoms with E-state index in [4.69, 9.17) is 0 Å². The van der Waals surface area contributed by atoms with Crippen LogP contribution < -0.4 is 10.6 Å². The summed E-state index contributed by atoms with van der Waals surface area (Å²) in [7, 11) is 5.57. The van der Waals surface area contributed by atoms with Crippen LogP contribution in [0.1, 0.15) is 11.3 Å². The van der Waals surface area contributed by atoms with Crippen molar-refractivity contribution in [2.24, 2.45) is 7.05 Å². The molecule has 3 aromatic heterocycles. The van der Waals surface area contributed by atoms with Crippen molar-refractivity contribution in [3.05, 3.63) is 81.1 Å². The number of nitrogens with zero attached hydrogens (tertiary/aromatic N) is 7. The Bertz CT molecular complexity index is 1550. The van der Waals surface area contributed by atoms with Crippen molar-refractivity contribution in [3.63, 3.8) is 0 Å². The van der Waals surface area contributed by atoms with Crippen LogP contribution in [-0.2, 0) is 18.4 Å². The summed E-state index contributed by atoms with van der Waals surface area (Å²) < 4.78 is 3.01. The van der Waals surface area contributed by atoms with Crippen molar-refractivity contribution in [2.45, 2.75) is 13.5 Å². The maximum absolute atomic E-state index is 12.6. The predicted octanol–water partition coefficient (Wildman–Crippen LogP) is 4.83. The number of anilines is 3. The van der Waals surface area contributed by atoms with Gasteiger partial charge in [-0.3, -0.25) is 4.79 Å². The number of hydrogen-bond donors (Lipinski definition) is 2. The van der Waals surface area contributed by atoms with Gasteiger partial charge < -0.3 is 29.8 Å². The summed E-state index contributed by atoms with van der Waals surface area (Å²) in [6, 6.07) is 7.63. The maximum Gasteiger partial charge on any atom is 0.390 e. The highest BCUT2D eigenvalue weighted by Gasteiger charge is 2.26. The Morgan fingerprint density at radius 3 is 2.69 bits per heavy atom. The van der Waals surface area contributed by atoms with E-state index in [2.05, 4.69) is 46.5 Å². The standard InChI is InChI=1S/C25H26BrN9O3.BrH/c1-16-7-8-17(10-19(16)26)31-24-18-11-22(27-12-20(18)28-14-29-24)32-23(36)6-5-9-35(3,4)13-21-25(34(37)38)30-15-33(21)2;/h5-8,10-12,14-15H,9,13H2,1-4H3,(H-,27,28,29,31,32,36);1H/p+1/b6-5+;. The lowest BCUT2D eigenvalue weighted by atomic mass is 10.2. The van der Waals surface area contributed by atoms with E-state index in [0.29, 0.717) is 45.8 Å². The molecule has 0 aliphatic heterocycles. The Hall–Kier alpha value is -3.75. The molecule has 3 heterocycles. The monoisotopic (exact) mass is 660 g/mol. The third-order valence-corrected chi connectivity index (χ3v) is 6.72. The summed E-state index contributed by atoms with van der Waals surface area (Å²) in [5, 5.41) is 18.0. The molecule has 14 heteroatoms. The molecule has 4 rings (SSSR count). The lowest BCUT2D eigenvalue weighted by molar-refractivity contribution is -0.898. The van der Waals surface area contributed by atoms with E-state index in [0.717, 1.165) is 15.7 Å². The molecule has 0 saturated heterocycles.